The average Bonchev–Trinajstić information content (AvgIpc) is 2.60. The van der Waals surface area contributed by atoms with E-state index in [0.29, 0.717) is 5.75 Å². The molecule has 0 aliphatic carbocycles. The number of carboxylic acid groups (broad SMARTS) is 1. The standard InChI is InChI=1S/C19H19F2NO4S2/c1-19(2)17(18(23)24)22(10-11-27-19)28(25,26)13-8-6-12(7-9-13)16-14(20)4-3-5-15(16)21/h3-9,17H,10-11H2,1-2H3,(H,23,24)/t17-/m0/s1. The first kappa shape index (κ1) is 20.8. The SMILES string of the molecule is CC1(C)SCCN(S(=O)(=O)c2ccc(-c3c(F)cccc3F)cc2)[C@H]1C(=O)O. The second-order valence-corrected chi connectivity index (χ2v) is 10.6. The molecule has 150 valence electrons. The number of carboxylic acids is 1. The lowest BCUT2D eigenvalue weighted by atomic mass is 10.0. The number of benzene rings is 2. The highest BCUT2D eigenvalue weighted by Gasteiger charge is 2.48. The van der Waals surface area contributed by atoms with Gasteiger partial charge in [-0.15, -0.1) is 0 Å². The average molecular weight is 427 g/mol. The first-order valence-corrected chi connectivity index (χ1v) is 10.9. The molecule has 9 heteroatoms. The molecule has 0 saturated carbocycles. The summed E-state index contributed by atoms with van der Waals surface area (Å²) < 4.78 is 54.3. The first-order chi connectivity index (χ1) is 13.1. The van der Waals surface area contributed by atoms with Gasteiger partial charge in [-0.1, -0.05) is 18.2 Å². The Morgan fingerprint density at radius 2 is 1.71 bits per heavy atom. The quantitative estimate of drug-likeness (QED) is 0.807. The van der Waals surface area contributed by atoms with Crippen molar-refractivity contribution in [2.24, 2.45) is 0 Å². The maximum Gasteiger partial charge on any atom is 0.323 e. The molecule has 5 nitrogen and oxygen atoms in total. The van der Waals surface area contributed by atoms with Crippen molar-refractivity contribution in [1.29, 1.82) is 0 Å². The Balaban J connectivity index is 2.00. The molecule has 28 heavy (non-hydrogen) atoms. The topological polar surface area (TPSA) is 74.7 Å². The van der Waals surface area contributed by atoms with Crippen LogP contribution in [0.2, 0.25) is 0 Å². The number of hydrogen-bond acceptors (Lipinski definition) is 4. The van der Waals surface area contributed by atoms with Gasteiger partial charge in [-0.2, -0.15) is 16.1 Å². The lowest BCUT2D eigenvalue weighted by molar-refractivity contribution is -0.142. The van der Waals surface area contributed by atoms with Crippen LogP contribution in [0.1, 0.15) is 13.8 Å². The molecule has 1 aliphatic heterocycles. The summed E-state index contributed by atoms with van der Waals surface area (Å²) in [7, 11) is -4.09. The smallest absolute Gasteiger partial charge is 0.323 e. The van der Waals surface area contributed by atoms with E-state index in [4.69, 9.17) is 0 Å². The zero-order valence-electron chi connectivity index (χ0n) is 15.2. The minimum Gasteiger partial charge on any atom is -0.480 e. The fraction of sp³-hybridized carbons (Fsp3) is 0.316. The second kappa shape index (κ2) is 7.46. The van der Waals surface area contributed by atoms with Crippen molar-refractivity contribution < 1.29 is 27.1 Å². The molecule has 0 spiro atoms. The van der Waals surface area contributed by atoms with Crippen LogP contribution in [-0.4, -0.2) is 46.9 Å². The molecule has 1 atom stereocenters. The Kier molecular flexibility index (Phi) is 5.53. The van der Waals surface area contributed by atoms with E-state index in [2.05, 4.69) is 0 Å². The van der Waals surface area contributed by atoms with E-state index in [-0.39, 0.29) is 22.6 Å². The van der Waals surface area contributed by atoms with Gasteiger partial charge in [0, 0.05) is 17.0 Å². The van der Waals surface area contributed by atoms with Crippen molar-refractivity contribution in [2.45, 2.75) is 29.5 Å². The summed E-state index contributed by atoms with van der Waals surface area (Å²) in [5.74, 6) is -2.26. The number of halogens is 2. The summed E-state index contributed by atoms with van der Waals surface area (Å²) in [6.07, 6.45) is 0. The zero-order chi connectivity index (χ0) is 20.7. The highest BCUT2D eigenvalue weighted by molar-refractivity contribution is 8.00. The van der Waals surface area contributed by atoms with Crippen LogP contribution in [0.15, 0.2) is 47.4 Å². The Morgan fingerprint density at radius 3 is 2.25 bits per heavy atom. The monoisotopic (exact) mass is 427 g/mol. The molecule has 2 aromatic rings. The summed E-state index contributed by atoms with van der Waals surface area (Å²) in [6, 6.07) is 7.37. The third kappa shape index (κ3) is 3.66. The van der Waals surface area contributed by atoms with Crippen LogP contribution in [0.5, 0.6) is 0 Å². The minimum absolute atomic E-state index is 0.0666. The van der Waals surface area contributed by atoms with Gasteiger partial charge in [-0.25, -0.2) is 17.2 Å². The number of sulfonamides is 1. The van der Waals surface area contributed by atoms with E-state index in [0.717, 1.165) is 16.4 Å². The van der Waals surface area contributed by atoms with Crippen LogP contribution in [0, 0.1) is 11.6 Å². The van der Waals surface area contributed by atoms with Gasteiger partial charge in [-0.3, -0.25) is 4.79 Å². The Hall–Kier alpha value is -1.97. The summed E-state index contributed by atoms with van der Waals surface area (Å²) in [6.45, 7) is 3.46. The van der Waals surface area contributed by atoms with Crippen molar-refractivity contribution in [3.05, 3.63) is 54.1 Å². The minimum atomic E-state index is -4.09. The lowest BCUT2D eigenvalue weighted by Gasteiger charge is -2.42. The van der Waals surface area contributed by atoms with Crippen LogP contribution in [0.3, 0.4) is 0 Å². The summed E-state index contributed by atoms with van der Waals surface area (Å²) >= 11 is 1.40. The van der Waals surface area contributed by atoms with Crippen molar-refractivity contribution in [2.75, 3.05) is 12.3 Å². The predicted molar refractivity (Wildman–Crippen MR) is 104 cm³/mol. The fourth-order valence-corrected chi connectivity index (χ4v) is 6.43. The Labute approximate surface area is 166 Å². The maximum absolute atomic E-state index is 14.0. The van der Waals surface area contributed by atoms with Crippen LogP contribution in [0.25, 0.3) is 11.1 Å². The van der Waals surface area contributed by atoms with Gasteiger partial charge >= 0.3 is 5.97 Å². The van der Waals surface area contributed by atoms with Crippen molar-refractivity contribution >= 4 is 27.8 Å². The molecular weight excluding hydrogens is 408 g/mol. The largest absolute Gasteiger partial charge is 0.480 e. The number of aliphatic carboxylic acids is 1. The maximum atomic E-state index is 14.0. The van der Waals surface area contributed by atoms with Gasteiger partial charge in [0.1, 0.15) is 17.7 Å². The van der Waals surface area contributed by atoms with Crippen LogP contribution >= 0.6 is 11.8 Å². The Bertz CT molecular complexity index is 987. The predicted octanol–water partition coefficient (Wildman–Crippen LogP) is 3.60. The molecule has 0 aromatic heterocycles. The first-order valence-electron chi connectivity index (χ1n) is 8.49. The zero-order valence-corrected chi connectivity index (χ0v) is 16.9. The number of hydrogen-bond donors (Lipinski definition) is 1. The third-order valence-electron chi connectivity index (χ3n) is 4.68. The molecule has 1 heterocycles. The van der Waals surface area contributed by atoms with Crippen molar-refractivity contribution in [1.82, 2.24) is 4.31 Å². The van der Waals surface area contributed by atoms with Crippen LogP contribution < -0.4 is 0 Å². The molecule has 1 saturated heterocycles. The van der Waals surface area contributed by atoms with E-state index >= 15 is 0 Å². The van der Waals surface area contributed by atoms with E-state index < -0.39 is 38.4 Å². The van der Waals surface area contributed by atoms with Gasteiger partial charge in [0.25, 0.3) is 0 Å². The van der Waals surface area contributed by atoms with E-state index in [9.17, 15) is 27.1 Å². The number of rotatable bonds is 4. The van der Waals surface area contributed by atoms with Gasteiger partial charge < -0.3 is 5.11 Å². The molecule has 1 N–H and O–H groups in total. The molecule has 3 rings (SSSR count). The summed E-state index contributed by atoms with van der Waals surface area (Å²) in [5, 5.41) is 9.61. The fourth-order valence-electron chi connectivity index (χ4n) is 3.34. The Morgan fingerprint density at radius 1 is 1.14 bits per heavy atom. The van der Waals surface area contributed by atoms with Crippen molar-refractivity contribution in [3.63, 3.8) is 0 Å². The molecule has 0 bridgehead atoms. The molecule has 2 aromatic carbocycles. The normalized spacial score (nSPS) is 20.1. The molecule has 1 fully saturated rings. The van der Waals surface area contributed by atoms with Crippen molar-refractivity contribution in [3.8, 4) is 11.1 Å². The highest BCUT2D eigenvalue weighted by atomic mass is 32.2. The van der Waals surface area contributed by atoms with Gasteiger partial charge in [0.15, 0.2) is 0 Å². The number of nitrogens with zero attached hydrogens (tertiary/aromatic N) is 1. The molecule has 0 unspecified atom stereocenters. The van der Waals surface area contributed by atoms with Crippen LogP contribution in [-0.2, 0) is 14.8 Å². The molecular formula is C19H19F2NO4S2. The third-order valence-corrected chi connectivity index (χ3v) is 7.91. The summed E-state index contributed by atoms with van der Waals surface area (Å²) in [5.41, 5.74) is -0.0516. The van der Waals surface area contributed by atoms with Gasteiger partial charge in [0.05, 0.1) is 10.5 Å². The highest BCUT2D eigenvalue weighted by Crippen LogP contribution is 2.38. The van der Waals surface area contributed by atoms with E-state index in [1.54, 1.807) is 13.8 Å². The van der Waals surface area contributed by atoms with E-state index in [1.807, 2.05) is 0 Å². The van der Waals surface area contributed by atoms with Crippen LogP contribution in [0.4, 0.5) is 8.78 Å². The lowest BCUT2D eigenvalue weighted by Crippen LogP contribution is -2.58. The summed E-state index contributed by atoms with van der Waals surface area (Å²) in [4.78, 5) is 11.6. The second-order valence-electron chi connectivity index (χ2n) is 6.93. The molecule has 0 amide bonds. The number of carbonyl (C=O) groups is 1. The molecule has 0 radical (unpaired) electrons. The van der Waals surface area contributed by atoms with Gasteiger partial charge in [-0.05, 0) is 43.7 Å². The van der Waals surface area contributed by atoms with Gasteiger partial charge in [0.2, 0.25) is 10.0 Å². The number of thioether (sulfide) groups is 1. The van der Waals surface area contributed by atoms with E-state index in [1.165, 1.54) is 42.1 Å². The molecule has 1 aliphatic rings.